The highest BCUT2D eigenvalue weighted by molar-refractivity contribution is 6.04. The molecule has 0 fully saturated rings. The van der Waals surface area contributed by atoms with Crippen molar-refractivity contribution in [2.24, 2.45) is 5.10 Å². The number of nitrogens with zero attached hydrogens (tertiary/aromatic N) is 1. The maximum absolute atomic E-state index is 11.8. The monoisotopic (exact) mass is 289 g/mol. The molecule has 21 heavy (non-hydrogen) atoms. The van der Waals surface area contributed by atoms with Crippen molar-refractivity contribution in [1.29, 1.82) is 0 Å². The van der Waals surface area contributed by atoms with Gasteiger partial charge in [0.15, 0.2) is 0 Å². The average Bonchev–Trinajstić information content (AvgIpc) is 2.49. The molecule has 0 aliphatic carbocycles. The summed E-state index contributed by atoms with van der Waals surface area (Å²) in [6.07, 6.45) is 0.592. The molecular weight excluding hydrogens is 270 g/mol. The molecule has 1 atom stereocenters. The van der Waals surface area contributed by atoms with Crippen LogP contribution in [0, 0.1) is 0 Å². The van der Waals surface area contributed by atoms with Gasteiger partial charge in [-0.05, 0) is 31.5 Å². The van der Waals surface area contributed by atoms with Gasteiger partial charge in [-0.2, -0.15) is 5.10 Å². The molecule has 6 heteroatoms. The molecule has 6 nitrogen and oxygen atoms in total. The van der Waals surface area contributed by atoms with Gasteiger partial charge < -0.3 is 10.1 Å². The quantitative estimate of drug-likeness (QED) is 0.865. The van der Waals surface area contributed by atoms with Gasteiger partial charge in [-0.3, -0.25) is 9.59 Å². The number of benzene rings is 1. The highest BCUT2D eigenvalue weighted by Crippen LogP contribution is 2.14. The van der Waals surface area contributed by atoms with Gasteiger partial charge in [0.1, 0.15) is 6.10 Å². The number of amides is 2. The molecule has 1 unspecified atom stereocenters. The Morgan fingerprint density at radius 2 is 2.10 bits per heavy atom. The topological polar surface area (TPSA) is 79.8 Å². The zero-order chi connectivity index (χ0) is 15.2. The van der Waals surface area contributed by atoms with Crippen molar-refractivity contribution < 1.29 is 14.3 Å². The van der Waals surface area contributed by atoms with E-state index in [2.05, 4.69) is 15.8 Å². The van der Waals surface area contributed by atoms with Crippen LogP contribution in [-0.2, 0) is 14.3 Å². The largest absolute Gasteiger partial charge is 0.369 e. The van der Waals surface area contributed by atoms with Gasteiger partial charge in [-0.15, -0.1) is 0 Å². The molecule has 0 radical (unpaired) electrons. The number of ether oxygens (including phenoxy) is 1. The zero-order valence-electron chi connectivity index (χ0n) is 12.2. The number of rotatable bonds is 5. The third-order valence-corrected chi connectivity index (χ3v) is 3.18. The van der Waals surface area contributed by atoms with Gasteiger partial charge in [0.25, 0.3) is 5.91 Å². The maximum atomic E-state index is 11.8. The summed E-state index contributed by atoms with van der Waals surface area (Å²) in [4.78, 5) is 22.9. The number of carbonyl (C=O) groups is 2. The van der Waals surface area contributed by atoms with Crippen LogP contribution in [0.4, 0.5) is 5.69 Å². The molecule has 2 amide bonds. The summed E-state index contributed by atoms with van der Waals surface area (Å²) < 4.78 is 5.23. The Labute approximate surface area is 123 Å². The number of anilines is 1. The van der Waals surface area contributed by atoms with Gasteiger partial charge in [0, 0.05) is 25.1 Å². The van der Waals surface area contributed by atoms with Crippen molar-refractivity contribution in [3.8, 4) is 0 Å². The molecular formula is C15H19N3O3. The first-order valence-electron chi connectivity index (χ1n) is 6.98. The molecule has 1 aliphatic rings. The van der Waals surface area contributed by atoms with Gasteiger partial charge >= 0.3 is 0 Å². The highest BCUT2D eigenvalue weighted by Gasteiger charge is 2.14. The fourth-order valence-corrected chi connectivity index (χ4v) is 2.00. The van der Waals surface area contributed by atoms with Crippen molar-refractivity contribution in [3.63, 3.8) is 0 Å². The molecule has 1 aliphatic heterocycles. The third kappa shape index (κ3) is 4.13. The van der Waals surface area contributed by atoms with Crippen LogP contribution < -0.4 is 10.7 Å². The average molecular weight is 289 g/mol. The van der Waals surface area contributed by atoms with Gasteiger partial charge in [0.05, 0.1) is 5.71 Å². The van der Waals surface area contributed by atoms with Crippen LogP contribution in [0.1, 0.15) is 32.3 Å². The number of carbonyl (C=O) groups excluding carboxylic acids is 2. The van der Waals surface area contributed by atoms with E-state index >= 15 is 0 Å². The van der Waals surface area contributed by atoms with Crippen LogP contribution in [0.5, 0.6) is 0 Å². The van der Waals surface area contributed by atoms with Crippen LogP contribution in [0.25, 0.3) is 0 Å². The first kappa shape index (κ1) is 15.2. The lowest BCUT2D eigenvalue weighted by Gasteiger charge is -2.14. The molecule has 1 aromatic carbocycles. The normalized spacial score (nSPS) is 15.9. The fraction of sp³-hybridized carbons (Fsp3) is 0.400. The molecule has 0 bridgehead atoms. The van der Waals surface area contributed by atoms with Gasteiger partial charge in [0.2, 0.25) is 5.91 Å². The van der Waals surface area contributed by atoms with Crippen LogP contribution in [0.2, 0.25) is 0 Å². The smallest absolute Gasteiger partial charge is 0.253 e. The Bertz CT molecular complexity index is 552. The summed E-state index contributed by atoms with van der Waals surface area (Å²) in [6, 6.07) is 7.37. The second-order valence-corrected chi connectivity index (χ2v) is 4.76. The summed E-state index contributed by atoms with van der Waals surface area (Å²) in [5.74, 6) is -0.237. The Morgan fingerprint density at radius 3 is 2.67 bits per heavy atom. The number of hydrogen-bond acceptors (Lipinski definition) is 4. The minimum Gasteiger partial charge on any atom is -0.369 e. The van der Waals surface area contributed by atoms with E-state index in [9.17, 15) is 9.59 Å². The predicted octanol–water partition coefficient (Wildman–Crippen LogP) is 1.66. The summed E-state index contributed by atoms with van der Waals surface area (Å²) in [5.41, 5.74) is 4.95. The molecule has 0 saturated heterocycles. The molecule has 112 valence electrons. The lowest BCUT2D eigenvalue weighted by molar-refractivity contribution is -0.126. The minimum absolute atomic E-state index is 0.0625. The molecule has 1 heterocycles. The second kappa shape index (κ2) is 6.99. The summed E-state index contributed by atoms with van der Waals surface area (Å²) in [5, 5.41) is 6.82. The van der Waals surface area contributed by atoms with Gasteiger partial charge in [-0.25, -0.2) is 5.43 Å². The van der Waals surface area contributed by atoms with E-state index in [1.165, 1.54) is 0 Å². The molecule has 1 aromatic rings. The Balaban J connectivity index is 1.99. The molecule has 2 N–H and O–H groups in total. The van der Waals surface area contributed by atoms with Crippen molar-refractivity contribution >= 4 is 23.2 Å². The van der Waals surface area contributed by atoms with Crippen LogP contribution in [0.15, 0.2) is 29.4 Å². The van der Waals surface area contributed by atoms with Crippen molar-refractivity contribution in [2.75, 3.05) is 11.9 Å². The molecule has 0 spiro atoms. The van der Waals surface area contributed by atoms with Gasteiger partial charge in [-0.1, -0.05) is 12.1 Å². The number of hydrogen-bond donors (Lipinski definition) is 2. The van der Waals surface area contributed by atoms with E-state index < -0.39 is 6.10 Å². The zero-order valence-corrected chi connectivity index (χ0v) is 12.2. The first-order valence-corrected chi connectivity index (χ1v) is 6.98. The Hall–Kier alpha value is -2.21. The van der Waals surface area contributed by atoms with E-state index in [1.807, 2.05) is 31.2 Å². The fourth-order valence-electron chi connectivity index (χ4n) is 2.00. The highest BCUT2D eigenvalue weighted by atomic mass is 16.5. The van der Waals surface area contributed by atoms with E-state index in [0.717, 1.165) is 11.3 Å². The lowest BCUT2D eigenvalue weighted by Crippen LogP contribution is -2.27. The van der Waals surface area contributed by atoms with Crippen LogP contribution in [-0.4, -0.2) is 30.2 Å². The maximum Gasteiger partial charge on any atom is 0.253 e. The van der Waals surface area contributed by atoms with Crippen molar-refractivity contribution in [1.82, 2.24) is 5.43 Å². The Kier molecular flexibility index (Phi) is 5.05. The minimum atomic E-state index is -0.479. The van der Waals surface area contributed by atoms with Crippen LogP contribution in [0.3, 0.4) is 0 Å². The standard InChI is InChI=1S/C15H19N3O3/c1-3-21-10(2)15(20)16-12-6-4-11(5-7-12)13-8-9-14(19)18-17-13/h4-7,10H,3,8-9H2,1-2H3,(H,16,20)(H,18,19). The SMILES string of the molecule is CCOC(C)C(=O)Nc1ccc(C2=NNC(=O)CC2)cc1. The molecule has 0 aromatic heterocycles. The first-order chi connectivity index (χ1) is 10.1. The number of nitrogens with one attached hydrogen (secondary N) is 2. The van der Waals surface area contributed by atoms with E-state index in [4.69, 9.17) is 4.74 Å². The van der Waals surface area contributed by atoms with E-state index in [-0.39, 0.29) is 11.8 Å². The van der Waals surface area contributed by atoms with Crippen LogP contribution >= 0.6 is 0 Å². The third-order valence-electron chi connectivity index (χ3n) is 3.18. The Morgan fingerprint density at radius 1 is 1.38 bits per heavy atom. The molecule has 2 rings (SSSR count). The molecule has 0 saturated carbocycles. The summed E-state index contributed by atoms with van der Waals surface area (Å²) >= 11 is 0. The summed E-state index contributed by atoms with van der Waals surface area (Å²) in [7, 11) is 0. The lowest BCUT2D eigenvalue weighted by atomic mass is 10.0. The summed E-state index contributed by atoms with van der Waals surface area (Å²) in [6.45, 7) is 4.06. The number of hydrazone groups is 1. The second-order valence-electron chi connectivity index (χ2n) is 4.76. The predicted molar refractivity (Wildman–Crippen MR) is 80.1 cm³/mol. The van der Waals surface area contributed by atoms with E-state index in [1.54, 1.807) is 6.92 Å². The van der Waals surface area contributed by atoms with E-state index in [0.29, 0.717) is 25.1 Å². The van der Waals surface area contributed by atoms with Crippen molar-refractivity contribution in [3.05, 3.63) is 29.8 Å². The van der Waals surface area contributed by atoms with Crippen molar-refractivity contribution in [2.45, 2.75) is 32.8 Å².